The third kappa shape index (κ3) is 2.35. The van der Waals surface area contributed by atoms with Gasteiger partial charge >= 0.3 is 6.09 Å². The SMILES string of the molecule is N[C@@H]1CCC(NC(=O)O)C[C@@H]1O. The molecule has 3 atom stereocenters. The van der Waals surface area contributed by atoms with Crippen molar-refractivity contribution < 1.29 is 15.0 Å². The molecule has 1 amide bonds. The molecule has 0 aromatic heterocycles. The van der Waals surface area contributed by atoms with E-state index in [1.807, 2.05) is 0 Å². The number of aliphatic hydroxyl groups is 1. The number of hydrogen-bond donors (Lipinski definition) is 4. The van der Waals surface area contributed by atoms with E-state index in [-0.39, 0.29) is 12.1 Å². The van der Waals surface area contributed by atoms with Crippen molar-refractivity contribution in [3.63, 3.8) is 0 Å². The van der Waals surface area contributed by atoms with Crippen LogP contribution in [-0.2, 0) is 0 Å². The van der Waals surface area contributed by atoms with Crippen LogP contribution in [0.5, 0.6) is 0 Å². The van der Waals surface area contributed by atoms with Crippen molar-refractivity contribution in [2.24, 2.45) is 5.73 Å². The molecule has 1 unspecified atom stereocenters. The van der Waals surface area contributed by atoms with Gasteiger partial charge in [-0.25, -0.2) is 4.79 Å². The first-order valence-corrected chi connectivity index (χ1v) is 4.02. The third-order valence-corrected chi connectivity index (χ3v) is 2.20. The van der Waals surface area contributed by atoms with Crippen molar-refractivity contribution in [2.75, 3.05) is 0 Å². The van der Waals surface area contributed by atoms with Crippen molar-refractivity contribution in [3.8, 4) is 0 Å². The second kappa shape index (κ2) is 3.73. The van der Waals surface area contributed by atoms with Crippen molar-refractivity contribution >= 4 is 6.09 Å². The van der Waals surface area contributed by atoms with E-state index in [0.29, 0.717) is 19.3 Å². The minimum atomic E-state index is -1.04. The van der Waals surface area contributed by atoms with Crippen LogP contribution in [-0.4, -0.2) is 34.5 Å². The Morgan fingerprint density at radius 2 is 2.17 bits per heavy atom. The van der Waals surface area contributed by atoms with Gasteiger partial charge in [0.05, 0.1) is 6.10 Å². The number of rotatable bonds is 1. The van der Waals surface area contributed by atoms with E-state index >= 15 is 0 Å². The Morgan fingerprint density at radius 3 is 2.67 bits per heavy atom. The summed E-state index contributed by atoms with van der Waals surface area (Å²) in [6.07, 6.45) is 0.197. The summed E-state index contributed by atoms with van der Waals surface area (Å²) in [7, 11) is 0. The second-order valence-electron chi connectivity index (χ2n) is 3.19. The molecule has 12 heavy (non-hydrogen) atoms. The Hall–Kier alpha value is -0.810. The first kappa shape index (κ1) is 9.28. The molecule has 1 aliphatic carbocycles. The van der Waals surface area contributed by atoms with Gasteiger partial charge in [0.1, 0.15) is 0 Å². The van der Waals surface area contributed by atoms with Crippen molar-refractivity contribution in [1.29, 1.82) is 0 Å². The Labute approximate surface area is 70.6 Å². The molecule has 5 N–H and O–H groups in total. The smallest absolute Gasteiger partial charge is 0.404 e. The molecule has 0 spiro atoms. The highest BCUT2D eigenvalue weighted by atomic mass is 16.4. The van der Waals surface area contributed by atoms with Gasteiger partial charge in [-0.05, 0) is 19.3 Å². The van der Waals surface area contributed by atoms with Crippen LogP contribution in [0.4, 0.5) is 4.79 Å². The average Bonchev–Trinajstić information content (AvgIpc) is 1.96. The van der Waals surface area contributed by atoms with Crippen LogP contribution in [0.15, 0.2) is 0 Å². The van der Waals surface area contributed by atoms with Gasteiger partial charge < -0.3 is 21.3 Å². The molecule has 1 saturated carbocycles. The maximum atomic E-state index is 10.2. The minimum Gasteiger partial charge on any atom is -0.465 e. The van der Waals surface area contributed by atoms with Gasteiger partial charge in [0, 0.05) is 12.1 Å². The lowest BCUT2D eigenvalue weighted by Crippen LogP contribution is -2.47. The van der Waals surface area contributed by atoms with Crippen molar-refractivity contribution in [1.82, 2.24) is 5.32 Å². The maximum Gasteiger partial charge on any atom is 0.404 e. The number of nitrogens with one attached hydrogen (secondary N) is 1. The van der Waals surface area contributed by atoms with Crippen LogP contribution in [0.25, 0.3) is 0 Å². The zero-order valence-corrected chi connectivity index (χ0v) is 6.73. The van der Waals surface area contributed by atoms with Gasteiger partial charge in [-0.2, -0.15) is 0 Å². The van der Waals surface area contributed by atoms with Gasteiger partial charge in [0.15, 0.2) is 0 Å². The maximum absolute atomic E-state index is 10.2. The minimum absolute atomic E-state index is 0.141. The molecule has 1 aliphatic rings. The summed E-state index contributed by atoms with van der Waals surface area (Å²) in [5.74, 6) is 0. The lowest BCUT2D eigenvalue weighted by Gasteiger charge is -2.30. The monoisotopic (exact) mass is 174 g/mol. The van der Waals surface area contributed by atoms with E-state index in [9.17, 15) is 9.90 Å². The summed E-state index contributed by atoms with van der Waals surface area (Å²) in [6, 6.07) is -0.339. The predicted octanol–water partition coefficient (Wildman–Crippen LogP) is -0.505. The quantitative estimate of drug-likeness (QED) is 0.430. The molecule has 0 aromatic rings. The fraction of sp³-hybridized carbons (Fsp3) is 0.857. The largest absolute Gasteiger partial charge is 0.465 e. The standard InChI is InChI=1S/C7H14N2O3/c8-5-2-1-4(3-6(5)10)9-7(11)12/h4-6,9-10H,1-3,8H2,(H,11,12)/t4?,5-,6+/m1/s1. The molecular weight excluding hydrogens is 160 g/mol. The Morgan fingerprint density at radius 1 is 1.50 bits per heavy atom. The van der Waals surface area contributed by atoms with Crippen LogP contribution in [0.2, 0.25) is 0 Å². The van der Waals surface area contributed by atoms with Crippen molar-refractivity contribution in [3.05, 3.63) is 0 Å². The Kier molecular flexibility index (Phi) is 2.88. The van der Waals surface area contributed by atoms with E-state index in [1.54, 1.807) is 0 Å². The first-order chi connectivity index (χ1) is 5.59. The second-order valence-corrected chi connectivity index (χ2v) is 3.19. The molecule has 0 saturated heterocycles. The van der Waals surface area contributed by atoms with Gasteiger partial charge in [-0.1, -0.05) is 0 Å². The average molecular weight is 174 g/mol. The molecule has 0 aliphatic heterocycles. The van der Waals surface area contributed by atoms with Crippen molar-refractivity contribution in [2.45, 2.75) is 37.5 Å². The van der Waals surface area contributed by atoms with E-state index in [4.69, 9.17) is 10.8 Å². The van der Waals surface area contributed by atoms with Gasteiger partial charge in [-0.3, -0.25) is 0 Å². The molecule has 0 heterocycles. The summed E-state index contributed by atoms with van der Waals surface area (Å²) >= 11 is 0. The van der Waals surface area contributed by atoms with Crippen LogP contribution in [0, 0.1) is 0 Å². The van der Waals surface area contributed by atoms with E-state index in [2.05, 4.69) is 5.32 Å². The molecule has 0 bridgehead atoms. The molecule has 5 heteroatoms. The van der Waals surface area contributed by atoms with Crippen LogP contribution in [0.3, 0.4) is 0 Å². The van der Waals surface area contributed by atoms with Crippen LogP contribution >= 0.6 is 0 Å². The fourth-order valence-corrected chi connectivity index (χ4v) is 1.48. The molecular formula is C7H14N2O3. The summed E-state index contributed by atoms with van der Waals surface area (Å²) in [5, 5.41) is 20.0. The number of carbonyl (C=O) groups is 1. The Bertz CT molecular complexity index is 174. The van der Waals surface area contributed by atoms with Gasteiger partial charge in [0.2, 0.25) is 0 Å². The molecule has 1 fully saturated rings. The van der Waals surface area contributed by atoms with Gasteiger partial charge in [-0.15, -0.1) is 0 Å². The summed E-state index contributed by atoms with van der Waals surface area (Å²) in [5.41, 5.74) is 5.55. The van der Waals surface area contributed by atoms with E-state index in [0.717, 1.165) is 0 Å². The highest BCUT2D eigenvalue weighted by Gasteiger charge is 2.27. The third-order valence-electron chi connectivity index (χ3n) is 2.20. The number of carboxylic acid groups (broad SMARTS) is 1. The predicted molar refractivity (Wildman–Crippen MR) is 42.8 cm³/mol. The molecule has 0 radical (unpaired) electrons. The summed E-state index contributed by atoms with van der Waals surface area (Å²) < 4.78 is 0. The zero-order chi connectivity index (χ0) is 9.14. The zero-order valence-electron chi connectivity index (χ0n) is 6.73. The normalized spacial score (nSPS) is 36.0. The number of amides is 1. The fourth-order valence-electron chi connectivity index (χ4n) is 1.48. The topological polar surface area (TPSA) is 95.6 Å². The van der Waals surface area contributed by atoms with Gasteiger partial charge in [0.25, 0.3) is 0 Å². The summed E-state index contributed by atoms with van der Waals surface area (Å²) in [4.78, 5) is 10.2. The number of hydrogen-bond acceptors (Lipinski definition) is 3. The number of nitrogens with two attached hydrogens (primary N) is 1. The van der Waals surface area contributed by atoms with Crippen LogP contribution < -0.4 is 11.1 Å². The number of aliphatic hydroxyl groups excluding tert-OH is 1. The lowest BCUT2D eigenvalue weighted by atomic mass is 9.89. The highest BCUT2D eigenvalue weighted by Crippen LogP contribution is 2.17. The van der Waals surface area contributed by atoms with E-state index < -0.39 is 12.2 Å². The van der Waals surface area contributed by atoms with E-state index in [1.165, 1.54) is 0 Å². The first-order valence-electron chi connectivity index (χ1n) is 4.02. The highest BCUT2D eigenvalue weighted by molar-refractivity contribution is 5.64. The molecule has 1 rings (SSSR count). The molecule has 70 valence electrons. The summed E-state index contributed by atoms with van der Waals surface area (Å²) in [6.45, 7) is 0. The lowest BCUT2D eigenvalue weighted by molar-refractivity contribution is 0.0902. The van der Waals surface area contributed by atoms with Crippen LogP contribution in [0.1, 0.15) is 19.3 Å². The molecule has 5 nitrogen and oxygen atoms in total. The Balaban J connectivity index is 2.35. The molecule has 0 aromatic carbocycles.